The van der Waals surface area contributed by atoms with E-state index in [4.69, 9.17) is 0 Å². The van der Waals surface area contributed by atoms with Crippen LogP contribution in [0.1, 0.15) is 36.8 Å². The van der Waals surface area contributed by atoms with Crippen molar-refractivity contribution >= 4 is 0 Å². The zero-order chi connectivity index (χ0) is 14.0. The summed E-state index contributed by atoms with van der Waals surface area (Å²) in [6.45, 7) is 3.80. The van der Waals surface area contributed by atoms with Gasteiger partial charge in [-0.25, -0.2) is 4.39 Å². The van der Waals surface area contributed by atoms with Gasteiger partial charge < -0.3 is 5.32 Å². The molecule has 0 bridgehead atoms. The Kier molecular flexibility index (Phi) is 4.13. The average Bonchev–Trinajstić information content (AvgIpc) is 3.08. The van der Waals surface area contributed by atoms with E-state index in [-0.39, 0.29) is 5.92 Å². The van der Waals surface area contributed by atoms with Gasteiger partial charge in [0.05, 0.1) is 5.56 Å². The molecule has 1 aromatic rings. The molecule has 1 aliphatic carbocycles. The topological polar surface area (TPSA) is 12.0 Å². The van der Waals surface area contributed by atoms with Crippen LogP contribution >= 0.6 is 0 Å². The number of halogens is 4. The number of rotatable bonds is 5. The third-order valence-electron chi connectivity index (χ3n) is 3.48. The van der Waals surface area contributed by atoms with Crippen LogP contribution in [-0.4, -0.2) is 13.1 Å². The van der Waals surface area contributed by atoms with Crippen LogP contribution in [-0.2, 0) is 6.18 Å². The summed E-state index contributed by atoms with van der Waals surface area (Å²) in [5.41, 5.74) is -0.561. The van der Waals surface area contributed by atoms with E-state index >= 15 is 0 Å². The number of nitrogens with one attached hydrogen (secondary N) is 1. The molecule has 0 saturated heterocycles. The zero-order valence-corrected chi connectivity index (χ0v) is 10.7. The third kappa shape index (κ3) is 3.47. The molecule has 1 N–H and O–H groups in total. The first kappa shape index (κ1) is 14.3. The molecular weight excluding hydrogens is 258 g/mol. The molecule has 0 aliphatic heterocycles. The number of hydrogen-bond acceptors (Lipinski definition) is 1. The highest BCUT2D eigenvalue weighted by Gasteiger charge is 2.40. The van der Waals surface area contributed by atoms with Crippen molar-refractivity contribution in [3.8, 4) is 0 Å². The maximum absolute atomic E-state index is 13.2. The quantitative estimate of drug-likeness (QED) is 0.634. The normalized spacial score (nSPS) is 22.6. The zero-order valence-electron chi connectivity index (χ0n) is 10.7. The van der Waals surface area contributed by atoms with Crippen LogP contribution < -0.4 is 5.32 Å². The molecule has 0 spiro atoms. The Labute approximate surface area is 110 Å². The van der Waals surface area contributed by atoms with E-state index in [1.165, 1.54) is 6.07 Å². The molecule has 0 amide bonds. The Morgan fingerprint density at radius 2 is 2.05 bits per heavy atom. The van der Waals surface area contributed by atoms with Crippen LogP contribution in [0.3, 0.4) is 0 Å². The lowest BCUT2D eigenvalue weighted by Crippen LogP contribution is -2.18. The number of hydrogen-bond donors (Lipinski definition) is 1. The van der Waals surface area contributed by atoms with E-state index < -0.39 is 17.6 Å². The second kappa shape index (κ2) is 5.49. The fraction of sp³-hybridized carbons (Fsp3) is 0.571. The van der Waals surface area contributed by atoms with Crippen molar-refractivity contribution in [2.45, 2.75) is 31.9 Å². The van der Waals surface area contributed by atoms with Crippen LogP contribution in [0.2, 0.25) is 0 Å². The van der Waals surface area contributed by atoms with E-state index in [0.717, 1.165) is 38.1 Å². The Morgan fingerprint density at radius 1 is 1.32 bits per heavy atom. The van der Waals surface area contributed by atoms with Gasteiger partial charge in [0.1, 0.15) is 5.82 Å². The van der Waals surface area contributed by atoms with E-state index in [1.807, 2.05) is 0 Å². The maximum atomic E-state index is 13.2. The molecule has 19 heavy (non-hydrogen) atoms. The number of benzene rings is 1. The van der Waals surface area contributed by atoms with Crippen LogP contribution in [0.4, 0.5) is 17.6 Å². The molecule has 1 saturated carbocycles. The van der Waals surface area contributed by atoms with Gasteiger partial charge in [-0.15, -0.1) is 0 Å². The summed E-state index contributed by atoms with van der Waals surface area (Å²) in [7, 11) is 0. The molecule has 2 atom stereocenters. The molecule has 1 fully saturated rings. The van der Waals surface area contributed by atoms with Gasteiger partial charge in [0, 0.05) is 0 Å². The summed E-state index contributed by atoms with van der Waals surface area (Å²) < 4.78 is 51.0. The molecular formula is C14H17F4N. The molecule has 1 aliphatic rings. The molecule has 0 radical (unpaired) electrons. The first-order valence-corrected chi connectivity index (χ1v) is 6.50. The first-order valence-electron chi connectivity index (χ1n) is 6.50. The summed E-state index contributed by atoms with van der Waals surface area (Å²) in [4.78, 5) is 0. The summed E-state index contributed by atoms with van der Waals surface area (Å²) in [6, 6.07) is 3.35. The fourth-order valence-electron chi connectivity index (χ4n) is 2.34. The van der Waals surface area contributed by atoms with Gasteiger partial charge in [-0.1, -0.05) is 13.0 Å². The van der Waals surface area contributed by atoms with Gasteiger partial charge in [0.25, 0.3) is 0 Å². The minimum absolute atomic E-state index is 0.131. The fourth-order valence-corrected chi connectivity index (χ4v) is 2.34. The van der Waals surface area contributed by atoms with Gasteiger partial charge in [-0.05, 0) is 55.5 Å². The summed E-state index contributed by atoms with van der Waals surface area (Å²) >= 11 is 0. The lowest BCUT2D eigenvalue weighted by molar-refractivity contribution is -0.140. The molecule has 2 unspecified atom stereocenters. The van der Waals surface area contributed by atoms with Crippen molar-refractivity contribution in [2.75, 3.05) is 13.1 Å². The molecule has 1 aromatic carbocycles. The van der Waals surface area contributed by atoms with Gasteiger partial charge in [0.2, 0.25) is 0 Å². The Bertz CT molecular complexity index is 442. The van der Waals surface area contributed by atoms with Crippen molar-refractivity contribution in [3.05, 3.63) is 35.1 Å². The Hall–Kier alpha value is -1.10. The SMILES string of the molecule is CCCNCC1CC1c1ccc(F)c(C(F)(F)F)c1. The van der Waals surface area contributed by atoms with Crippen molar-refractivity contribution in [3.63, 3.8) is 0 Å². The lowest BCUT2D eigenvalue weighted by atomic mass is 10.0. The molecule has 0 heterocycles. The molecule has 0 aromatic heterocycles. The highest BCUT2D eigenvalue weighted by Crippen LogP contribution is 2.48. The molecule has 2 rings (SSSR count). The molecule has 5 heteroatoms. The van der Waals surface area contributed by atoms with E-state index in [2.05, 4.69) is 12.2 Å². The van der Waals surface area contributed by atoms with Crippen molar-refractivity contribution in [1.82, 2.24) is 5.32 Å². The second-order valence-corrected chi connectivity index (χ2v) is 5.04. The van der Waals surface area contributed by atoms with Gasteiger partial charge in [0.15, 0.2) is 0 Å². The highest BCUT2D eigenvalue weighted by molar-refractivity contribution is 5.33. The van der Waals surface area contributed by atoms with Crippen LogP contribution in [0.25, 0.3) is 0 Å². The highest BCUT2D eigenvalue weighted by atomic mass is 19.4. The maximum Gasteiger partial charge on any atom is 0.419 e. The second-order valence-electron chi connectivity index (χ2n) is 5.04. The minimum Gasteiger partial charge on any atom is -0.316 e. The summed E-state index contributed by atoms with van der Waals surface area (Å²) in [6.07, 6.45) is -2.71. The molecule has 106 valence electrons. The van der Waals surface area contributed by atoms with Gasteiger partial charge in [-0.2, -0.15) is 13.2 Å². The molecule has 1 nitrogen and oxygen atoms in total. The van der Waals surface area contributed by atoms with E-state index in [9.17, 15) is 17.6 Å². The standard InChI is InChI=1S/C14H17F4N/c1-2-5-19-8-10-6-11(10)9-3-4-13(15)12(7-9)14(16,17)18/h3-4,7,10-11,19H,2,5-6,8H2,1H3. The third-order valence-corrected chi connectivity index (χ3v) is 3.48. The minimum atomic E-state index is -4.62. The predicted octanol–water partition coefficient (Wildman–Crippen LogP) is 3.95. The summed E-state index contributed by atoms with van der Waals surface area (Å²) in [5, 5.41) is 3.26. The van der Waals surface area contributed by atoms with Crippen LogP contribution in [0, 0.1) is 11.7 Å². The van der Waals surface area contributed by atoms with Gasteiger partial charge in [-0.3, -0.25) is 0 Å². The van der Waals surface area contributed by atoms with Crippen molar-refractivity contribution in [2.24, 2.45) is 5.92 Å². The largest absolute Gasteiger partial charge is 0.419 e. The predicted molar refractivity (Wildman–Crippen MR) is 65.4 cm³/mol. The lowest BCUT2D eigenvalue weighted by Gasteiger charge is -2.10. The van der Waals surface area contributed by atoms with Crippen LogP contribution in [0.15, 0.2) is 18.2 Å². The van der Waals surface area contributed by atoms with Crippen molar-refractivity contribution < 1.29 is 17.6 Å². The first-order chi connectivity index (χ1) is 8.93. The van der Waals surface area contributed by atoms with E-state index in [1.54, 1.807) is 0 Å². The summed E-state index contributed by atoms with van der Waals surface area (Å²) in [5.74, 6) is -0.693. The van der Waals surface area contributed by atoms with E-state index in [0.29, 0.717) is 11.5 Å². The Balaban J connectivity index is 2.03. The number of alkyl halides is 3. The van der Waals surface area contributed by atoms with Crippen molar-refractivity contribution in [1.29, 1.82) is 0 Å². The monoisotopic (exact) mass is 275 g/mol. The average molecular weight is 275 g/mol. The van der Waals surface area contributed by atoms with Gasteiger partial charge >= 0.3 is 6.18 Å². The Morgan fingerprint density at radius 3 is 2.68 bits per heavy atom. The van der Waals surface area contributed by atoms with Crippen LogP contribution in [0.5, 0.6) is 0 Å². The smallest absolute Gasteiger partial charge is 0.316 e.